The van der Waals surface area contributed by atoms with Crippen LogP contribution in [0.1, 0.15) is 33.1 Å². The molecule has 1 aromatic rings. The normalized spacial score (nSPS) is 14.5. The summed E-state index contributed by atoms with van der Waals surface area (Å²) in [5, 5.41) is 6.29. The van der Waals surface area contributed by atoms with Gasteiger partial charge in [0, 0.05) is 24.8 Å². The fraction of sp³-hybridized carbons (Fsp3) is 0.632. The molecule has 1 aromatic carbocycles. The number of sulfonamides is 1. The van der Waals surface area contributed by atoms with Gasteiger partial charge in [-0.3, -0.25) is 4.99 Å². The molecule has 8 nitrogen and oxygen atoms in total. The number of hydrogen-bond acceptors (Lipinski definition) is 5. The van der Waals surface area contributed by atoms with Crippen molar-refractivity contribution in [2.24, 2.45) is 10.9 Å². The largest absolute Gasteiger partial charge is 0.493 e. The van der Waals surface area contributed by atoms with Crippen LogP contribution in [0.2, 0.25) is 0 Å². The molecular formula is C19H33IN4O4S. The van der Waals surface area contributed by atoms with E-state index in [2.05, 4.69) is 20.3 Å². The maximum absolute atomic E-state index is 12.1. The fourth-order valence-corrected chi connectivity index (χ4v) is 3.72. The number of aliphatic imine (C=N–C) groups is 1. The molecule has 0 bridgehead atoms. The molecule has 0 amide bonds. The van der Waals surface area contributed by atoms with Gasteiger partial charge in [-0.2, -0.15) is 0 Å². The summed E-state index contributed by atoms with van der Waals surface area (Å²) in [6.07, 6.45) is 3.42. The number of nitrogens with zero attached hydrogens (tertiary/aromatic N) is 1. The van der Waals surface area contributed by atoms with Crippen molar-refractivity contribution in [2.75, 3.05) is 44.4 Å². The minimum atomic E-state index is -3.31. The molecule has 0 unspecified atom stereocenters. The minimum absolute atomic E-state index is 0. The summed E-state index contributed by atoms with van der Waals surface area (Å²) in [6.45, 7) is 5.76. The van der Waals surface area contributed by atoms with Crippen molar-refractivity contribution < 1.29 is 17.9 Å². The minimum Gasteiger partial charge on any atom is -0.493 e. The highest BCUT2D eigenvalue weighted by Gasteiger charge is 2.20. The van der Waals surface area contributed by atoms with Crippen LogP contribution in [-0.4, -0.2) is 53.5 Å². The number of benzene rings is 1. The van der Waals surface area contributed by atoms with Crippen molar-refractivity contribution in [3.8, 4) is 11.5 Å². The number of anilines is 1. The maximum atomic E-state index is 12.1. The highest BCUT2D eigenvalue weighted by molar-refractivity contribution is 14.0. The van der Waals surface area contributed by atoms with Gasteiger partial charge in [-0.1, -0.05) is 6.42 Å². The van der Waals surface area contributed by atoms with E-state index in [1.807, 2.05) is 32.0 Å². The third kappa shape index (κ3) is 8.95. The van der Waals surface area contributed by atoms with E-state index in [1.54, 1.807) is 7.11 Å². The monoisotopic (exact) mass is 540 g/mol. The average Bonchev–Trinajstić information content (AvgIpc) is 2.61. The van der Waals surface area contributed by atoms with Gasteiger partial charge >= 0.3 is 0 Å². The van der Waals surface area contributed by atoms with E-state index in [0.717, 1.165) is 18.5 Å². The second-order valence-corrected chi connectivity index (χ2v) is 8.57. The van der Waals surface area contributed by atoms with Crippen LogP contribution in [0.15, 0.2) is 23.2 Å². The molecule has 1 aliphatic rings. The Morgan fingerprint density at radius 3 is 2.59 bits per heavy atom. The Hall–Kier alpha value is -1.27. The van der Waals surface area contributed by atoms with E-state index in [4.69, 9.17) is 9.47 Å². The van der Waals surface area contributed by atoms with E-state index in [1.165, 1.54) is 6.42 Å². The molecule has 1 aliphatic carbocycles. The molecule has 0 aromatic heterocycles. The van der Waals surface area contributed by atoms with Gasteiger partial charge in [0.05, 0.1) is 26.0 Å². The Morgan fingerprint density at radius 2 is 2.00 bits per heavy atom. The topological polar surface area (TPSA) is 101 Å². The lowest BCUT2D eigenvalue weighted by atomic mass is 9.86. The second kappa shape index (κ2) is 13.1. The van der Waals surface area contributed by atoms with Gasteiger partial charge in [0.2, 0.25) is 10.0 Å². The molecule has 1 fully saturated rings. The van der Waals surface area contributed by atoms with E-state index < -0.39 is 10.0 Å². The van der Waals surface area contributed by atoms with Crippen LogP contribution in [0.4, 0.5) is 5.69 Å². The van der Waals surface area contributed by atoms with Crippen molar-refractivity contribution in [1.82, 2.24) is 10.0 Å². The lowest BCUT2D eigenvalue weighted by molar-refractivity contribution is 0.311. The highest BCUT2D eigenvalue weighted by Crippen LogP contribution is 2.30. The van der Waals surface area contributed by atoms with Crippen LogP contribution in [-0.2, 0) is 10.0 Å². The first-order valence-corrected chi connectivity index (χ1v) is 11.5. The van der Waals surface area contributed by atoms with Gasteiger partial charge in [-0.15, -0.1) is 24.0 Å². The van der Waals surface area contributed by atoms with E-state index >= 15 is 0 Å². The Labute approximate surface area is 191 Å². The number of rotatable bonds is 11. The summed E-state index contributed by atoms with van der Waals surface area (Å²) in [4.78, 5) is 4.38. The third-order valence-electron chi connectivity index (χ3n) is 4.52. The zero-order valence-electron chi connectivity index (χ0n) is 17.4. The van der Waals surface area contributed by atoms with Crippen LogP contribution in [0, 0.1) is 5.92 Å². The summed E-state index contributed by atoms with van der Waals surface area (Å²) in [5.41, 5.74) is 0.773. The van der Waals surface area contributed by atoms with Gasteiger partial charge in [0.15, 0.2) is 17.5 Å². The summed E-state index contributed by atoms with van der Waals surface area (Å²) in [6, 6.07) is 5.49. The molecule has 166 valence electrons. The standard InChI is InChI=1S/C19H32N4O4S.HI/c1-4-20-19(21-11-12-28(24,25)22-14-15-7-6-8-15)23-16-9-10-17(26-3)18(13-16)27-5-2;/h9-10,13,15,22H,4-8,11-12,14H2,1-3H3,(H2,20,21,23);1H. The molecule has 3 N–H and O–H groups in total. The van der Waals surface area contributed by atoms with Crippen molar-refractivity contribution in [1.29, 1.82) is 0 Å². The molecule has 0 atom stereocenters. The Bertz CT molecular complexity index is 755. The molecule has 0 heterocycles. The van der Waals surface area contributed by atoms with Gasteiger partial charge in [0.25, 0.3) is 0 Å². The molecule has 29 heavy (non-hydrogen) atoms. The summed E-state index contributed by atoms with van der Waals surface area (Å²) >= 11 is 0. The van der Waals surface area contributed by atoms with Gasteiger partial charge in [-0.05, 0) is 44.7 Å². The van der Waals surface area contributed by atoms with E-state index in [-0.39, 0.29) is 36.3 Å². The number of guanidine groups is 1. The fourth-order valence-electron chi connectivity index (χ4n) is 2.76. The van der Waals surface area contributed by atoms with Crippen molar-refractivity contribution in [3.63, 3.8) is 0 Å². The number of halogens is 1. The SMILES string of the molecule is CCNC(=NCCS(=O)(=O)NCC1CCC1)Nc1ccc(OC)c(OCC)c1.I. The Morgan fingerprint density at radius 1 is 1.24 bits per heavy atom. The van der Waals surface area contributed by atoms with Crippen molar-refractivity contribution >= 4 is 45.6 Å². The highest BCUT2D eigenvalue weighted by atomic mass is 127. The van der Waals surface area contributed by atoms with Crippen LogP contribution < -0.4 is 24.8 Å². The second-order valence-electron chi connectivity index (χ2n) is 6.65. The summed E-state index contributed by atoms with van der Waals surface area (Å²) in [5.74, 6) is 2.26. The molecular weight excluding hydrogens is 507 g/mol. The maximum Gasteiger partial charge on any atom is 0.213 e. The molecule has 2 rings (SSSR count). The Balaban J connectivity index is 0.00000420. The number of nitrogens with one attached hydrogen (secondary N) is 3. The number of methoxy groups -OCH3 is 1. The predicted octanol–water partition coefficient (Wildman–Crippen LogP) is 2.81. The number of hydrogen-bond donors (Lipinski definition) is 3. The predicted molar refractivity (Wildman–Crippen MR) is 128 cm³/mol. The first kappa shape index (κ1) is 25.8. The Kier molecular flexibility index (Phi) is 11.7. The summed E-state index contributed by atoms with van der Waals surface area (Å²) < 4.78 is 37.8. The first-order valence-electron chi connectivity index (χ1n) is 9.81. The molecule has 10 heteroatoms. The first-order chi connectivity index (χ1) is 13.5. The number of ether oxygens (including phenoxy) is 2. The third-order valence-corrected chi connectivity index (χ3v) is 5.84. The zero-order chi connectivity index (χ0) is 20.4. The molecule has 0 saturated heterocycles. The van der Waals surface area contributed by atoms with Crippen molar-refractivity contribution in [2.45, 2.75) is 33.1 Å². The van der Waals surface area contributed by atoms with Gasteiger partial charge < -0.3 is 20.1 Å². The van der Waals surface area contributed by atoms with Crippen LogP contribution in [0.25, 0.3) is 0 Å². The van der Waals surface area contributed by atoms with Gasteiger partial charge in [0.1, 0.15) is 0 Å². The average molecular weight is 540 g/mol. The molecule has 0 aliphatic heterocycles. The van der Waals surface area contributed by atoms with Crippen molar-refractivity contribution in [3.05, 3.63) is 18.2 Å². The van der Waals surface area contributed by atoms with Crippen LogP contribution >= 0.6 is 24.0 Å². The lowest BCUT2D eigenvalue weighted by Gasteiger charge is -2.25. The van der Waals surface area contributed by atoms with E-state index in [9.17, 15) is 8.42 Å². The van der Waals surface area contributed by atoms with E-state index in [0.29, 0.717) is 43.1 Å². The zero-order valence-corrected chi connectivity index (χ0v) is 20.5. The molecule has 0 spiro atoms. The lowest BCUT2D eigenvalue weighted by Crippen LogP contribution is -2.35. The molecule has 1 saturated carbocycles. The quantitative estimate of drug-likeness (QED) is 0.227. The molecule has 0 radical (unpaired) electrons. The van der Waals surface area contributed by atoms with Crippen LogP contribution in [0.3, 0.4) is 0 Å². The smallest absolute Gasteiger partial charge is 0.213 e. The van der Waals surface area contributed by atoms with Gasteiger partial charge in [-0.25, -0.2) is 13.1 Å². The summed E-state index contributed by atoms with van der Waals surface area (Å²) in [7, 11) is -1.72. The van der Waals surface area contributed by atoms with Crippen LogP contribution in [0.5, 0.6) is 11.5 Å².